The van der Waals surface area contributed by atoms with Crippen molar-refractivity contribution in [2.75, 3.05) is 7.05 Å². The van der Waals surface area contributed by atoms with Crippen molar-refractivity contribution < 1.29 is 0 Å². The Morgan fingerprint density at radius 2 is 1.93 bits per heavy atom. The van der Waals surface area contributed by atoms with Crippen molar-refractivity contribution in [3.05, 3.63) is 0 Å². The molecule has 0 bridgehead atoms. The largest absolute Gasteiger partial charge is 0.366 e. The minimum absolute atomic E-state index is 0.587. The Bertz CT molecular complexity index is 192. The van der Waals surface area contributed by atoms with Gasteiger partial charge in [-0.05, 0) is 36.9 Å². The molecule has 14 heavy (non-hydrogen) atoms. The summed E-state index contributed by atoms with van der Waals surface area (Å²) in [6, 6.07) is 0.587. The molecule has 0 radical (unpaired) electrons. The zero-order chi connectivity index (χ0) is 10.6. The third-order valence-corrected chi connectivity index (χ3v) is 3.54. The van der Waals surface area contributed by atoms with Gasteiger partial charge in [-0.2, -0.15) is 0 Å². The maximum absolute atomic E-state index is 5.15. The van der Waals surface area contributed by atoms with Gasteiger partial charge in [-0.15, -0.1) is 0 Å². The fourth-order valence-electron chi connectivity index (χ4n) is 2.38. The highest BCUT2D eigenvalue weighted by Gasteiger charge is 2.27. The van der Waals surface area contributed by atoms with Crippen LogP contribution in [0.1, 0.15) is 39.5 Å². The molecule has 1 saturated carbocycles. The lowest BCUT2D eigenvalue weighted by molar-refractivity contribution is 0.224. The summed E-state index contributed by atoms with van der Waals surface area (Å²) in [5.41, 5.74) is 0. The molecule has 0 heterocycles. The highest BCUT2D eigenvalue weighted by molar-refractivity contribution is 7.80. The van der Waals surface area contributed by atoms with Crippen LogP contribution in [0.15, 0.2) is 0 Å². The lowest BCUT2D eigenvalue weighted by Crippen LogP contribution is -2.46. The van der Waals surface area contributed by atoms with Gasteiger partial charge in [0.05, 0.1) is 0 Å². The summed E-state index contributed by atoms with van der Waals surface area (Å²) in [5, 5.41) is 7.21. The second kappa shape index (κ2) is 5.54. The smallest absolute Gasteiger partial charge is 0.166 e. The Morgan fingerprint density at radius 3 is 2.50 bits per heavy atom. The first-order valence-electron chi connectivity index (χ1n) is 5.63. The van der Waals surface area contributed by atoms with Gasteiger partial charge in [0.15, 0.2) is 5.11 Å². The van der Waals surface area contributed by atoms with Crippen LogP contribution in [0.5, 0.6) is 0 Å². The first kappa shape index (κ1) is 11.8. The van der Waals surface area contributed by atoms with Gasteiger partial charge in [0.25, 0.3) is 0 Å². The van der Waals surface area contributed by atoms with Crippen LogP contribution in [0.3, 0.4) is 0 Å². The van der Waals surface area contributed by atoms with Crippen LogP contribution in [-0.4, -0.2) is 18.2 Å². The summed E-state index contributed by atoms with van der Waals surface area (Å²) in [4.78, 5) is 0. The van der Waals surface area contributed by atoms with E-state index in [9.17, 15) is 0 Å². The van der Waals surface area contributed by atoms with E-state index in [4.69, 9.17) is 12.2 Å². The molecule has 1 rings (SSSR count). The third kappa shape index (κ3) is 3.12. The number of nitrogens with one attached hydrogen (secondary N) is 2. The van der Waals surface area contributed by atoms with Crippen molar-refractivity contribution in [3.63, 3.8) is 0 Å². The zero-order valence-electron chi connectivity index (χ0n) is 9.47. The predicted octanol–water partition coefficient (Wildman–Crippen LogP) is 2.30. The molecule has 3 heteroatoms. The molecule has 2 nitrogen and oxygen atoms in total. The lowest BCUT2D eigenvalue weighted by atomic mass is 9.78. The molecule has 2 atom stereocenters. The predicted molar refractivity (Wildman–Crippen MR) is 65.4 cm³/mol. The van der Waals surface area contributed by atoms with Gasteiger partial charge in [-0.1, -0.05) is 26.7 Å². The summed E-state index contributed by atoms with van der Waals surface area (Å²) in [6.45, 7) is 4.63. The monoisotopic (exact) mass is 214 g/mol. The first-order valence-corrected chi connectivity index (χ1v) is 6.04. The van der Waals surface area contributed by atoms with Crippen molar-refractivity contribution in [3.8, 4) is 0 Å². The summed E-state index contributed by atoms with van der Waals surface area (Å²) in [5.74, 6) is 1.54. The second-order valence-corrected chi connectivity index (χ2v) is 4.93. The van der Waals surface area contributed by atoms with Crippen LogP contribution >= 0.6 is 12.2 Å². The van der Waals surface area contributed by atoms with E-state index in [0.29, 0.717) is 6.04 Å². The summed E-state index contributed by atoms with van der Waals surface area (Å²) < 4.78 is 0. The normalized spacial score (nSPS) is 27.4. The van der Waals surface area contributed by atoms with Gasteiger partial charge >= 0.3 is 0 Å². The molecule has 1 aliphatic carbocycles. The van der Waals surface area contributed by atoms with Crippen LogP contribution in [-0.2, 0) is 0 Å². The van der Waals surface area contributed by atoms with E-state index in [2.05, 4.69) is 24.5 Å². The van der Waals surface area contributed by atoms with Gasteiger partial charge in [-0.3, -0.25) is 0 Å². The average molecular weight is 214 g/mol. The molecule has 0 aromatic rings. The molecule has 0 saturated heterocycles. The molecule has 2 unspecified atom stereocenters. The minimum atomic E-state index is 0.587. The summed E-state index contributed by atoms with van der Waals surface area (Å²) >= 11 is 5.15. The van der Waals surface area contributed by atoms with Gasteiger partial charge in [-0.25, -0.2) is 0 Å². The molecular formula is C11H22N2S. The van der Waals surface area contributed by atoms with Crippen molar-refractivity contribution in [1.82, 2.24) is 10.6 Å². The van der Waals surface area contributed by atoms with Crippen LogP contribution < -0.4 is 10.6 Å². The van der Waals surface area contributed by atoms with Crippen LogP contribution in [0.25, 0.3) is 0 Å². The van der Waals surface area contributed by atoms with Crippen molar-refractivity contribution in [2.45, 2.75) is 45.6 Å². The van der Waals surface area contributed by atoms with Crippen molar-refractivity contribution >= 4 is 17.3 Å². The topological polar surface area (TPSA) is 24.1 Å². The highest BCUT2D eigenvalue weighted by Crippen LogP contribution is 2.29. The Kier molecular flexibility index (Phi) is 4.66. The average Bonchev–Trinajstić information content (AvgIpc) is 2.18. The minimum Gasteiger partial charge on any atom is -0.366 e. The molecule has 82 valence electrons. The number of hydrogen-bond donors (Lipinski definition) is 2. The maximum atomic E-state index is 5.15. The number of rotatable bonds is 2. The van der Waals surface area contributed by atoms with Gasteiger partial charge in [0.2, 0.25) is 0 Å². The molecule has 1 fully saturated rings. The number of hydrogen-bond acceptors (Lipinski definition) is 1. The molecule has 2 N–H and O–H groups in total. The zero-order valence-corrected chi connectivity index (χ0v) is 10.3. The van der Waals surface area contributed by atoms with E-state index in [0.717, 1.165) is 16.9 Å². The molecule has 0 spiro atoms. The van der Waals surface area contributed by atoms with E-state index in [-0.39, 0.29) is 0 Å². The quantitative estimate of drug-likeness (QED) is 0.690. The lowest BCUT2D eigenvalue weighted by Gasteiger charge is -2.35. The van der Waals surface area contributed by atoms with E-state index >= 15 is 0 Å². The Morgan fingerprint density at radius 1 is 1.29 bits per heavy atom. The SMILES string of the molecule is CNC(=S)NC1CCCCC1C(C)C. The van der Waals surface area contributed by atoms with Gasteiger partial charge in [0, 0.05) is 13.1 Å². The fraction of sp³-hybridized carbons (Fsp3) is 0.909. The Labute approximate surface area is 92.8 Å². The molecule has 0 aromatic carbocycles. The first-order chi connectivity index (χ1) is 6.65. The van der Waals surface area contributed by atoms with Gasteiger partial charge < -0.3 is 10.6 Å². The standard InChI is InChI=1S/C11H22N2S/c1-8(2)9-6-4-5-7-10(9)13-11(14)12-3/h8-10H,4-7H2,1-3H3,(H2,12,13,14). The Hall–Kier alpha value is -0.310. The third-order valence-electron chi connectivity index (χ3n) is 3.22. The van der Waals surface area contributed by atoms with E-state index in [1.165, 1.54) is 25.7 Å². The molecule has 0 aliphatic heterocycles. The van der Waals surface area contributed by atoms with E-state index in [1.54, 1.807) is 0 Å². The van der Waals surface area contributed by atoms with Crippen LogP contribution in [0.2, 0.25) is 0 Å². The molecule has 0 aromatic heterocycles. The number of thiocarbonyl (C=S) groups is 1. The molecule has 0 amide bonds. The molecule has 1 aliphatic rings. The second-order valence-electron chi connectivity index (χ2n) is 4.52. The van der Waals surface area contributed by atoms with E-state index in [1.807, 2.05) is 7.05 Å². The van der Waals surface area contributed by atoms with E-state index < -0.39 is 0 Å². The molecular weight excluding hydrogens is 192 g/mol. The highest BCUT2D eigenvalue weighted by atomic mass is 32.1. The Balaban J connectivity index is 2.49. The van der Waals surface area contributed by atoms with Crippen molar-refractivity contribution in [1.29, 1.82) is 0 Å². The van der Waals surface area contributed by atoms with Crippen LogP contribution in [0.4, 0.5) is 0 Å². The van der Waals surface area contributed by atoms with Crippen molar-refractivity contribution in [2.24, 2.45) is 11.8 Å². The summed E-state index contributed by atoms with van der Waals surface area (Å²) in [6.07, 6.45) is 5.34. The van der Waals surface area contributed by atoms with Crippen LogP contribution in [0, 0.1) is 11.8 Å². The fourth-order valence-corrected chi connectivity index (χ4v) is 2.53. The maximum Gasteiger partial charge on any atom is 0.166 e. The summed E-state index contributed by atoms with van der Waals surface area (Å²) in [7, 11) is 1.88. The van der Waals surface area contributed by atoms with Gasteiger partial charge in [0.1, 0.15) is 0 Å².